The molecule has 0 aromatic heterocycles. The van der Waals surface area contributed by atoms with Crippen molar-refractivity contribution in [1.82, 2.24) is 10.6 Å². The van der Waals surface area contributed by atoms with Gasteiger partial charge < -0.3 is 5.32 Å². The molecule has 0 aliphatic carbocycles. The summed E-state index contributed by atoms with van der Waals surface area (Å²) in [5.41, 5.74) is 1.49. The number of carbonyl (C=O) groups is 1. The lowest BCUT2D eigenvalue weighted by Gasteiger charge is -1.98. The topological polar surface area (TPSA) is 41.1 Å². The lowest BCUT2D eigenvalue weighted by molar-refractivity contribution is -0.115. The zero-order valence-corrected chi connectivity index (χ0v) is 10.6. The summed E-state index contributed by atoms with van der Waals surface area (Å²) < 4.78 is 1.09. The van der Waals surface area contributed by atoms with Crippen LogP contribution in [0.15, 0.2) is 30.0 Å². The Morgan fingerprint density at radius 2 is 2.00 bits per heavy atom. The lowest BCUT2D eigenvalue weighted by Crippen LogP contribution is -2.21. The predicted molar refractivity (Wildman–Crippen MR) is 71.0 cm³/mol. The maximum atomic E-state index is 11.4. The summed E-state index contributed by atoms with van der Waals surface area (Å²) >= 11 is 7.06. The highest BCUT2D eigenvalue weighted by molar-refractivity contribution is 14.1. The van der Waals surface area contributed by atoms with Crippen LogP contribution in [0.3, 0.4) is 0 Å². The number of carbonyl (C=O) groups excluding carboxylic acids is 1. The second-order valence-electron chi connectivity index (χ2n) is 2.99. The summed E-state index contributed by atoms with van der Waals surface area (Å²) in [5.74, 6) is -0.181. The first kappa shape index (κ1) is 10.6. The van der Waals surface area contributed by atoms with Gasteiger partial charge in [-0.2, -0.15) is 0 Å². The van der Waals surface area contributed by atoms with Crippen LogP contribution in [0.5, 0.6) is 0 Å². The fraction of sp³-hybridized carbons (Fsp3) is 0. The van der Waals surface area contributed by atoms with Crippen LogP contribution < -0.4 is 10.6 Å². The molecule has 76 valence electrons. The van der Waals surface area contributed by atoms with Gasteiger partial charge in [0.05, 0.1) is 0 Å². The number of nitrogens with one attached hydrogen (secondary N) is 2. The van der Waals surface area contributed by atoms with Crippen LogP contribution in [0.2, 0.25) is 0 Å². The summed E-state index contributed by atoms with van der Waals surface area (Å²) in [5, 5.41) is 5.68. The van der Waals surface area contributed by atoms with Gasteiger partial charge in [0, 0.05) is 3.57 Å². The molecule has 0 saturated carbocycles. The molecule has 15 heavy (non-hydrogen) atoms. The number of benzene rings is 1. The largest absolute Gasteiger partial charge is 0.328 e. The Hall–Kier alpha value is -0.950. The third kappa shape index (κ3) is 2.35. The molecule has 0 spiro atoms. The molecule has 0 radical (unpaired) electrons. The highest BCUT2D eigenvalue weighted by Crippen LogP contribution is 2.15. The summed E-state index contributed by atoms with van der Waals surface area (Å²) in [6.45, 7) is 0. The first-order valence-corrected chi connectivity index (χ1v) is 5.74. The first-order chi connectivity index (χ1) is 7.16. The minimum atomic E-state index is -0.181. The summed E-state index contributed by atoms with van der Waals surface area (Å²) in [7, 11) is 0. The van der Waals surface area contributed by atoms with Crippen LogP contribution in [-0.4, -0.2) is 11.0 Å². The molecule has 2 rings (SSSR count). The van der Waals surface area contributed by atoms with Gasteiger partial charge in [0.25, 0.3) is 5.91 Å². The highest BCUT2D eigenvalue weighted by Gasteiger charge is 2.19. The molecule has 1 aromatic rings. The van der Waals surface area contributed by atoms with Gasteiger partial charge >= 0.3 is 0 Å². The molecule has 0 atom stereocenters. The van der Waals surface area contributed by atoms with E-state index in [0.29, 0.717) is 10.8 Å². The minimum Gasteiger partial charge on any atom is -0.328 e. The Bertz CT molecular complexity index is 470. The van der Waals surface area contributed by atoms with E-state index in [9.17, 15) is 4.79 Å². The van der Waals surface area contributed by atoms with Gasteiger partial charge in [0.15, 0.2) is 5.11 Å². The molecule has 5 heteroatoms. The molecule has 3 nitrogen and oxygen atoms in total. The quantitative estimate of drug-likeness (QED) is 0.467. The Morgan fingerprint density at radius 1 is 1.27 bits per heavy atom. The molecular formula is C10H7IN2OS. The number of amides is 1. The van der Waals surface area contributed by atoms with Gasteiger partial charge in [-0.1, -0.05) is 18.2 Å². The van der Waals surface area contributed by atoms with Crippen LogP contribution >= 0.6 is 34.8 Å². The van der Waals surface area contributed by atoms with Gasteiger partial charge in [0.2, 0.25) is 0 Å². The van der Waals surface area contributed by atoms with E-state index < -0.39 is 0 Å². The molecule has 1 fully saturated rings. The molecule has 0 bridgehead atoms. The molecule has 2 N–H and O–H groups in total. The van der Waals surface area contributed by atoms with E-state index in [-0.39, 0.29) is 5.91 Å². The zero-order chi connectivity index (χ0) is 10.8. The fourth-order valence-electron chi connectivity index (χ4n) is 1.23. The van der Waals surface area contributed by atoms with E-state index >= 15 is 0 Å². The van der Waals surface area contributed by atoms with Crippen molar-refractivity contribution in [3.63, 3.8) is 0 Å². The summed E-state index contributed by atoms with van der Waals surface area (Å²) in [6, 6.07) is 7.82. The van der Waals surface area contributed by atoms with Crippen LogP contribution in [-0.2, 0) is 4.79 Å². The monoisotopic (exact) mass is 330 g/mol. The van der Waals surface area contributed by atoms with Crippen LogP contribution in [0.4, 0.5) is 0 Å². The highest BCUT2D eigenvalue weighted by atomic mass is 127. The summed E-state index contributed by atoms with van der Waals surface area (Å²) in [4.78, 5) is 11.4. The average Bonchev–Trinajstić information content (AvgIpc) is 2.49. The minimum absolute atomic E-state index is 0.181. The van der Waals surface area contributed by atoms with Crippen LogP contribution in [0, 0.1) is 3.57 Å². The Balaban J connectivity index is 2.35. The van der Waals surface area contributed by atoms with Crippen LogP contribution in [0.1, 0.15) is 5.56 Å². The molecular weight excluding hydrogens is 323 g/mol. The SMILES string of the molecule is O=C1NC(=S)N/C1=C/c1ccccc1I. The van der Waals surface area contributed by atoms with Crippen molar-refractivity contribution >= 4 is 51.9 Å². The van der Waals surface area contributed by atoms with Crippen molar-refractivity contribution in [1.29, 1.82) is 0 Å². The maximum Gasteiger partial charge on any atom is 0.273 e. The third-order valence-electron chi connectivity index (χ3n) is 1.92. The van der Waals surface area contributed by atoms with Crippen LogP contribution in [0.25, 0.3) is 6.08 Å². The standard InChI is InChI=1S/C10H7IN2OS/c11-7-4-2-1-3-6(7)5-8-9(14)13-10(15)12-8/h1-5H,(H2,12,13,14,15)/b8-5+. The van der Waals surface area contributed by atoms with Crippen molar-refractivity contribution in [2.45, 2.75) is 0 Å². The average molecular weight is 330 g/mol. The number of rotatable bonds is 1. The second kappa shape index (κ2) is 4.28. The Morgan fingerprint density at radius 3 is 2.60 bits per heavy atom. The molecule has 1 saturated heterocycles. The van der Waals surface area contributed by atoms with Crippen molar-refractivity contribution in [3.8, 4) is 0 Å². The molecule has 1 aromatic carbocycles. The first-order valence-electron chi connectivity index (χ1n) is 4.25. The fourth-order valence-corrected chi connectivity index (χ4v) is 1.98. The normalized spacial score (nSPS) is 17.8. The van der Waals surface area contributed by atoms with E-state index in [1.807, 2.05) is 24.3 Å². The van der Waals surface area contributed by atoms with Crippen molar-refractivity contribution < 1.29 is 4.79 Å². The van der Waals surface area contributed by atoms with Crippen molar-refractivity contribution in [2.24, 2.45) is 0 Å². The Labute approximate surface area is 106 Å². The van der Waals surface area contributed by atoms with Gasteiger partial charge in [-0.05, 0) is 52.5 Å². The van der Waals surface area contributed by atoms with Crippen molar-refractivity contribution in [2.75, 3.05) is 0 Å². The number of thiocarbonyl (C=S) groups is 1. The molecule has 1 amide bonds. The van der Waals surface area contributed by atoms with Gasteiger partial charge in [-0.15, -0.1) is 0 Å². The molecule has 1 aliphatic heterocycles. The number of hydrogen-bond acceptors (Lipinski definition) is 2. The number of halogens is 1. The summed E-state index contributed by atoms with van der Waals surface area (Å²) in [6.07, 6.45) is 1.79. The zero-order valence-electron chi connectivity index (χ0n) is 7.58. The Kier molecular flexibility index (Phi) is 3.01. The smallest absolute Gasteiger partial charge is 0.273 e. The van der Waals surface area contributed by atoms with E-state index in [1.54, 1.807) is 6.08 Å². The second-order valence-corrected chi connectivity index (χ2v) is 4.56. The predicted octanol–water partition coefficient (Wildman–Crippen LogP) is 1.64. The van der Waals surface area contributed by atoms with Gasteiger partial charge in [-0.25, -0.2) is 0 Å². The van der Waals surface area contributed by atoms with Crippen molar-refractivity contribution in [3.05, 3.63) is 39.1 Å². The molecule has 0 unspecified atom stereocenters. The third-order valence-corrected chi connectivity index (χ3v) is 3.11. The van der Waals surface area contributed by atoms with Gasteiger partial charge in [0.1, 0.15) is 5.70 Å². The van der Waals surface area contributed by atoms with E-state index in [2.05, 4.69) is 33.2 Å². The molecule has 1 heterocycles. The number of hydrogen-bond donors (Lipinski definition) is 2. The maximum absolute atomic E-state index is 11.4. The van der Waals surface area contributed by atoms with E-state index in [1.165, 1.54) is 0 Å². The van der Waals surface area contributed by atoms with E-state index in [0.717, 1.165) is 9.13 Å². The van der Waals surface area contributed by atoms with Gasteiger partial charge in [-0.3, -0.25) is 10.1 Å². The van der Waals surface area contributed by atoms with E-state index in [4.69, 9.17) is 12.2 Å². The lowest BCUT2D eigenvalue weighted by atomic mass is 10.2. The molecule has 1 aliphatic rings.